The van der Waals surface area contributed by atoms with Crippen LogP contribution < -0.4 is 5.32 Å². The highest BCUT2D eigenvalue weighted by atomic mass is 16.5. The van der Waals surface area contributed by atoms with E-state index in [0.717, 1.165) is 12.3 Å². The summed E-state index contributed by atoms with van der Waals surface area (Å²) in [6, 6.07) is 0.518. The summed E-state index contributed by atoms with van der Waals surface area (Å²) in [7, 11) is 1.42. The van der Waals surface area contributed by atoms with Gasteiger partial charge >= 0.3 is 5.97 Å². The minimum Gasteiger partial charge on any atom is -0.468 e. The molecule has 12 heavy (non-hydrogen) atoms. The summed E-state index contributed by atoms with van der Waals surface area (Å²) in [6.07, 6.45) is 3.72. The van der Waals surface area contributed by atoms with Crippen LogP contribution >= 0.6 is 0 Å². The van der Waals surface area contributed by atoms with E-state index in [4.69, 9.17) is 0 Å². The smallest absolute Gasteiger partial charge is 0.319 e. The molecule has 1 fully saturated rings. The van der Waals surface area contributed by atoms with Crippen molar-refractivity contribution in [2.24, 2.45) is 5.92 Å². The second-order valence-electron chi connectivity index (χ2n) is 3.31. The molecule has 1 unspecified atom stereocenters. The van der Waals surface area contributed by atoms with E-state index in [-0.39, 0.29) is 5.97 Å². The van der Waals surface area contributed by atoms with Gasteiger partial charge in [0.2, 0.25) is 0 Å². The number of carbonyl (C=O) groups excluding carboxylic acids is 1. The van der Waals surface area contributed by atoms with Gasteiger partial charge in [0, 0.05) is 6.04 Å². The summed E-state index contributed by atoms with van der Waals surface area (Å²) in [4.78, 5) is 10.8. The molecule has 1 aliphatic carbocycles. The Kier molecular flexibility index (Phi) is 3.53. The molecule has 0 bridgehead atoms. The molecule has 0 heterocycles. The van der Waals surface area contributed by atoms with E-state index in [9.17, 15) is 4.79 Å². The van der Waals surface area contributed by atoms with Gasteiger partial charge in [0.1, 0.15) is 0 Å². The summed E-state index contributed by atoms with van der Waals surface area (Å²) in [5.41, 5.74) is 0. The lowest BCUT2D eigenvalue weighted by Gasteiger charge is -2.14. The molecule has 0 aromatic heterocycles. The molecule has 0 saturated heterocycles. The Morgan fingerprint density at radius 3 is 2.75 bits per heavy atom. The van der Waals surface area contributed by atoms with Crippen LogP contribution in [-0.2, 0) is 9.53 Å². The van der Waals surface area contributed by atoms with E-state index in [1.807, 2.05) is 0 Å². The van der Waals surface area contributed by atoms with Crippen LogP contribution in [0.5, 0.6) is 0 Å². The van der Waals surface area contributed by atoms with Gasteiger partial charge in [-0.25, -0.2) is 0 Å². The molecule has 3 heteroatoms. The highest BCUT2D eigenvalue weighted by Gasteiger charge is 2.29. The van der Waals surface area contributed by atoms with Crippen LogP contribution in [0.3, 0.4) is 0 Å². The van der Waals surface area contributed by atoms with E-state index in [1.165, 1.54) is 20.0 Å². The number of ether oxygens (including phenoxy) is 1. The molecule has 1 aliphatic rings. The van der Waals surface area contributed by atoms with Crippen molar-refractivity contribution >= 4 is 5.97 Å². The molecule has 0 radical (unpaired) electrons. The topological polar surface area (TPSA) is 38.3 Å². The third kappa shape index (κ3) is 2.81. The summed E-state index contributed by atoms with van der Waals surface area (Å²) < 4.78 is 4.54. The number of hydrogen-bond donors (Lipinski definition) is 1. The Hall–Kier alpha value is -0.570. The van der Waals surface area contributed by atoms with Crippen molar-refractivity contribution in [2.45, 2.75) is 32.2 Å². The van der Waals surface area contributed by atoms with Gasteiger partial charge in [-0.3, -0.25) is 4.79 Å². The van der Waals surface area contributed by atoms with Gasteiger partial charge < -0.3 is 10.1 Å². The first-order valence-electron chi connectivity index (χ1n) is 4.58. The van der Waals surface area contributed by atoms with Crippen molar-refractivity contribution in [3.05, 3.63) is 0 Å². The molecule has 70 valence electrons. The molecular formula is C9H17NO2. The van der Waals surface area contributed by atoms with Crippen LogP contribution in [0.15, 0.2) is 0 Å². The number of nitrogens with one attached hydrogen (secondary N) is 1. The maximum Gasteiger partial charge on any atom is 0.319 e. The van der Waals surface area contributed by atoms with Crippen LogP contribution in [0.2, 0.25) is 0 Å². The molecule has 1 saturated carbocycles. The molecule has 0 aromatic carbocycles. The van der Waals surface area contributed by atoms with Gasteiger partial charge in [-0.15, -0.1) is 0 Å². The molecule has 1 atom stereocenters. The van der Waals surface area contributed by atoms with Crippen molar-refractivity contribution in [3.63, 3.8) is 0 Å². The predicted octanol–water partition coefficient (Wildman–Crippen LogP) is 0.938. The second-order valence-corrected chi connectivity index (χ2v) is 3.31. The summed E-state index contributed by atoms with van der Waals surface area (Å²) >= 11 is 0. The molecule has 1 rings (SSSR count). The number of methoxy groups -OCH3 is 1. The lowest BCUT2D eigenvalue weighted by molar-refractivity contribution is -0.139. The van der Waals surface area contributed by atoms with Crippen LogP contribution in [0.4, 0.5) is 0 Å². The van der Waals surface area contributed by atoms with Gasteiger partial charge in [-0.05, 0) is 25.2 Å². The Morgan fingerprint density at radius 2 is 2.33 bits per heavy atom. The van der Waals surface area contributed by atoms with Crippen molar-refractivity contribution in [1.29, 1.82) is 0 Å². The molecule has 0 aromatic rings. The standard InChI is InChI=1S/C9H17NO2/c1-3-8(7-4-5-7)10-6-9(11)12-2/h7-8,10H,3-6H2,1-2H3. The van der Waals surface area contributed by atoms with Crippen molar-refractivity contribution < 1.29 is 9.53 Å². The number of hydrogen-bond acceptors (Lipinski definition) is 3. The fourth-order valence-electron chi connectivity index (χ4n) is 1.43. The van der Waals surface area contributed by atoms with E-state index in [0.29, 0.717) is 12.6 Å². The van der Waals surface area contributed by atoms with Gasteiger partial charge in [0.05, 0.1) is 13.7 Å². The van der Waals surface area contributed by atoms with Gasteiger partial charge in [0.15, 0.2) is 0 Å². The zero-order valence-corrected chi connectivity index (χ0v) is 7.80. The Morgan fingerprint density at radius 1 is 1.67 bits per heavy atom. The summed E-state index contributed by atoms with van der Waals surface area (Å²) in [5.74, 6) is 0.633. The first-order chi connectivity index (χ1) is 5.77. The Labute approximate surface area is 73.5 Å². The van der Waals surface area contributed by atoms with Gasteiger partial charge in [-0.1, -0.05) is 6.92 Å². The second kappa shape index (κ2) is 4.45. The third-order valence-electron chi connectivity index (χ3n) is 2.37. The third-order valence-corrected chi connectivity index (χ3v) is 2.37. The molecular weight excluding hydrogens is 154 g/mol. The highest BCUT2D eigenvalue weighted by molar-refractivity contribution is 5.71. The fourth-order valence-corrected chi connectivity index (χ4v) is 1.43. The van der Waals surface area contributed by atoms with Crippen LogP contribution in [-0.4, -0.2) is 25.7 Å². The molecule has 1 N–H and O–H groups in total. The van der Waals surface area contributed by atoms with Gasteiger partial charge in [0.25, 0.3) is 0 Å². The average Bonchev–Trinajstić information content (AvgIpc) is 2.89. The lowest BCUT2D eigenvalue weighted by atomic mass is 10.1. The van der Waals surface area contributed by atoms with Crippen molar-refractivity contribution in [3.8, 4) is 0 Å². The maximum atomic E-state index is 10.8. The normalized spacial score (nSPS) is 18.8. The Bertz CT molecular complexity index is 155. The number of carbonyl (C=O) groups is 1. The fraction of sp³-hybridized carbons (Fsp3) is 0.889. The number of rotatable bonds is 5. The number of esters is 1. The minimum absolute atomic E-state index is 0.172. The van der Waals surface area contributed by atoms with Crippen molar-refractivity contribution in [2.75, 3.05) is 13.7 Å². The van der Waals surface area contributed by atoms with E-state index < -0.39 is 0 Å². The first-order valence-corrected chi connectivity index (χ1v) is 4.58. The van der Waals surface area contributed by atoms with E-state index >= 15 is 0 Å². The van der Waals surface area contributed by atoms with E-state index in [2.05, 4.69) is 17.0 Å². The molecule has 0 amide bonds. The average molecular weight is 171 g/mol. The summed E-state index contributed by atoms with van der Waals surface area (Å²) in [6.45, 7) is 2.50. The highest BCUT2D eigenvalue weighted by Crippen LogP contribution is 2.33. The maximum absolute atomic E-state index is 10.8. The minimum atomic E-state index is -0.172. The van der Waals surface area contributed by atoms with Crippen LogP contribution in [0.25, 0.3) is 0 Å². The van der Waals surface area contributed by atoms with Crippen molar-refractivity contribution in [1.82, 2.24) is 5.32 Å². The van der Waals surface area contributed by atoms with Crippen LogP contribution in [0, 0.1) is 5.92 Å². The quantitative estimate of drug-likeness (QED) is 0.625. The monoisotopic (exact) mass is 171 g/mol. The largest absolute Gasteiger partial charge is 0.468 e. The zero-order valence-electron chi connectivity index (χ0n) is 7.80. The molecule has 0 aliphatic heterocycles. The van der Waals surface area contributed by atoms with Gasteiger partial charge in [-0.2, -0.15) is 0 Å². The summed E-state index contributed by atoms with van der Waals surface area (Å²) in [5, 5.41) is 3.21. The van der Waals surface area contributed by atoms with Crippen LogP contribution in [0.1, 0.15) is 26.2 Å². The SMILES string of the molecule is CCC(NCC(=O)OC)C1CC1. The lowest BCUT2D eigenvalue weighted by Crippen LogP contribution is -2.35. The van der Waals surface area contributed by atoms with E-state index in [1.54, 1.807) is 0 Å². The molecule has 3 nitrogen and oxygen atoms in total. The molecule has 0 spiro atoms. The first kappa shape index (κ1) is 9.52. The predicted molar refractivity (Wildman–Crippen MR) is 46.8 cm³/mol. The zero-order chi connectivity index (χ0) is 8.97. The Balaban J connectivity index is 2.14.